The highest BCUT2D eigenvalue weighted by Crippen LogP contribution is 2.29. The fourth-order valence-electron chi connectivity index (χ4n) is 1.53. The van der Waals surface area contributed by atoms with Gasteiger partial charge in [0.2, 0.25) is 5.91 Å². The molecule has 0 atom stereocenters. The highest BCUT2D eigenvalue weighted by Gasteiger charge is 2.21. The van der Waals surface area contributed by atoms with E-state index < -0.39 is 12.2 Å². The Bertz CT molecular complexity index is 488. The van der Waals surface area contributed by atoms with Crippen LogP contribution in [-0.4, -0.2) is 24.7 Å². The van der Waals surface area contributed by atoms with Crippen LogP contribution in [0, 0.1) is 0 Å². The first-order chi connectivity index (χ1) is 9.74. The molecule has 1 rings (SSSR count). The third-order valence-corrected chi connectivity index (χ3v) is 2.56. The summed E-state index contributed by atoms with van der Waals surface area (Å²) in [5.41, 5.74) is 5.37. The van der Waals surface area contributed by atoms with Crippen LogP contribution in [0.15, 0.2) is 18.2 Å². The number of ether oxygens (including phenoxy) is 2. The molecule has 1 aromatic carbocycles. The van der Waals surface area contributed by atoms with Crippen molar-refractivity contribution in [2.45, 2.75) is 39.5 Å². The molecule has 0 aliphatic heterocycles. The smallest absolute Gasteiger partial charge is 0.387 e. The van der Waals surface area contributed by atoms with E-state index in [4.69, 9.17) is 10.5 Å². The zero-order valence-electron chi connectivity index (χ0n) is 12.3. The summed E-state index contributed by atoms with van der Waals surface area (Å²) in [4.78, 5) is 11.7. The molecule has 0 radical (unpaired) electrons. The van der Waals surface area contributed by atoms with E-state index in [-0.39, 0.29) is 24.0 Å². The molecule has 0 bridgehead atoms. The molecule has 1 aromatic rings. The van der Waals surface area contributed by atoms with Crippen molar-refractivity contribution >= 4 is 5.91 Å². The lowest BCUT2D eigenvalue weighted by Crippen LogP contribution is -2.48. The molecule has 118 valence electrons. The second-order valence-corrected chi connectivity index (χ2v) is 5.00. The molecule has 0 unspecified atom stereocenters. The predicted molar refractivity (Wildman–Crippen MR) is 74.4 cm³/mol. The SMILES string of the molecule is CCOc1cc(CNC(=O)C(C)(C)N)ccc1OC(F)F. The molecule has 0 aliphatic rings. The van der Waals surface area contributed by atoms with Crippen molar-refractivity contribution in [3.8, 4) is 11.5 Å². The summed E-state index contributed by atoms with van der Waals surface area (Å²) in [5.74, 6) is -0.147. The van der Waals surface area contributed by atoms with Crippen molar-refractivity contribution in [1.29, 1.82) is 0 Å². The number of nitrogens with two attached hydrogens (primary N) is 1. The Hall–Kier alpha value is -1.89. The quantitative estimate of drug-likeness (QED) is 0.808. The number of halogens is 2. The number of alkyl halides is 2. The Morgan fingerprint density at radius 1 is 1.38 bits per heavy atom. The molecule has 1 amide bonds. The maximum absolute atomic E-state index is 12.3. The van der Waals surface area contributed by atoms with E-state index >= 15 is 0 Å². The van der Waals surface area contributed by atoms with Crippen molar-refractivity contribution < 1.29 is 23.0 Å². The molecule has 0 spiro atoms. The minimum Gasteiger partial charge on any atom is -0.490 e. The first-order valence-corrected chi connectivity index (χ1v) is 6.51. The van der Waals surface area contributed by atoms with Gasteiger partial charge in [0.15, 0.2) is 11.5 Å². The van der Waals surface area contributed by atoms with Gasteiger partial charge >= 0.3 is 6.61 Å². The summed E-state index contributed by atoms with van der Waals surface area (Å²) in [6, 6.07) is 4.50. The van der Waals surface area contributed by atoms with Gasteiger partial charge in [0.25, 0.3) is 0 Å². The summed E-state index contributed by atoms with van der Waals surface area (Å²) in [5, 5.41) is 2.66. The topological polar surface area (TPSA) is 73.6 Å². The highest BCUT2D eigenvalue weighted by atomic mass is 19.3. The van der Waals surface area contributed by atoms with Gasteiger partial charge in [-0.2, -0.15) is 8.78 Å². The van der Waals surface area contributed by atoms with Crippen LogP contribution in [0.4, 0.5) is 8.78 Å². The lowest BCUT2D eigenvalue weighted by Gasteiger charge is -2.18. The number of hydrogen-bond acceptors (Lipinski definition) is 4. The summed E-state index contributed by atoms with van der Waals surface area (Å²) in [6.07, 6.45) is 0. The van der Waals surface area contributed by atoms with Crippen molar-refractivity contribution in [2.75, 3.05) is 6.61 Å². The van der Waals surface area contributed by atoms with Crippen LogP contribution >= 0.6 is 0 Å². The number of carbonyl (C=O) groups excluding carboxylic acids is 1. The van der Waals surface area contributed by atoms with Gasteiger partial charge in [0, 0.05) is 6.54 Å². The van der Waals surface area contributed by atoms with E-state index in [1.807, 2.05) is 0 Å². The Morgan fingerprint density at radius 3 is 2.57 bits per heavy atom. The van der Waals surface area contributed by atoms with Gasteiger partial charge < -0.3 is 20.5 Å². The van der Waals surface area contributed by atoms with Crippen molar-refractivity contribution in [3.63, 3.8) is 0 Å². The monoisotopic (exact) mass is 302 g/mol. The number of benzene rings is 1. The van der Waals surface area contributed by atoms with Crippen LogP contribution < -0.4 is 20.5 Å². The second kappa shape index (κ2) is 7.21. The molecule has 0 saturated carbocycles. The maximum Gasteiger partial charge on any atom is 0.387 e. The third kappa shape index (κ3) is 5.55. The Morgan fingerprint density at radius 2 is 2.05 bits per heavy atom. The average Bonchev–Trinajstić information content (AvgIpc) is 2.37. The van der Waals surface area contributed by atoms with Crippen molar-refractivity contribution in [3.05, 3.63) is 23.8 Å². The summed E-state index contributed by atoms with van der Waals surface area (Å²) in [7, 11) is 0. The largest absolute Gasteiger partial charge is 0.490 e. The van der Waals surface area contributed by atoms with Crippen LogP contribution in [-0.2, 0) is 11.3 Å². The van der Waals surface area contributed by atoms with Gasteiger partial charge in [-0.3, -0.25) is 4.79 Å². The van der Waals surface area contributed by atoms with Gasteiger partial charge in [0.1, 0.15) is 0 Å². The molecular weight excluding hydrogens is 282 g/mol. The lowest BCUT2D eigenvalue weighted by atomic mass is 10.1. The van der Waals surface area contributed by atoms with Gasteiger partial charge in [-0.25, -0.2) is 0 Å². The minimum absolute atomic E-state index is 0.0407. The van der Waals surface area contributed by atoms with E-state index in [2.05, 4.69) is 10.1 Å². The fraction of sp³-hybridized carbons (Fsp3) is 0.500. The van der Waals surface area contributed by atoms with Crippen molar-refractivity contribution in [2.24, 2.45) is 5.73 Å². The van der Waals surface area contributed by atoms with E-state index in [0.717, 1.165) is 0 Å². The number of hydrogen-bond donors (Lipinski definition) is 2. The van der Waals surface area contributed by atoms with Gasteiger partial charge in [-0.15, -0.1) is 0 Å². The summed E-state index contributed by atoms with van der Waals surface area (Å²) in [6.45, 7) is 2.52. The van der Waals surface area contributed by atoms with Gasteiger partial charge in [-0.05, 0) is 38.5 Å². The van der Waals surface area contributed by atoms with E-state index in [9.17, 15) is 13.6 Å². The van der Waals surface area contributed by atoms with E-state index in [1.54, 1.807) is 32.9 Å². The first-order valence-electron chi connectivity index (χ1n) is 6.51. The number of carbonyl (C=O) groups is 1. The average molecular weight is 302 g/mol. The van der Waals surface area contributed by atoms with Crippen LogP contribution in [0.5, 0.6) is 11.5 Å². The van der Waals surface area contributed by atoms with Gasteiger partial charge in [0.05, 0.1) is 12.1 Å². The van der Waals surface area contributed by atoms with Crippen LogP contribution in [0.25, 0.3) is 0 Å². The van der Waals surface area contributed by atoms with Gasteiger partial charge in [-0.1, -0.05) is 6.07 Å². The molecule has 0 aromatic heterocycles. The summed E-state index contributed by atoms with van der Waals surface area (Å²) < 4.78 is 34.2. The second-order valence-electron chi connectivity index (χ2n) is 5.00. The Labute approximate surface area is 122 Å². The standard InChI is InChI=1S/C14H20F2N2O3/c1-4-20-11-7-9(5-6-10(11)21-13(15)16)8-18-12(19)14(2,3)17/h5-7,13H,4,8,17H2,1-3H3,(H,18,19). The molecular formula is C14H20F2N2O3. The number of nitrogens with one attached hydrogen (secondary N) is 1. The fourth-order valence-corrected chi connectivity index (χ4v) is 1.53. The van der Waals surface area contributed by atoms with E-state index in [1.165, 1.54) is 6.07 Å². The maximum atomic E-state index is 12.3. The Kier molecular flexibility index (Phi) is 5.90. The first kappa shape index (κ1) is 17.2. The zero-order chi connectivity index (χ0) is 16.0. The molecule has 7 heteroatoms. The van der Waals surface area contributed by atoms with Crippen molar-refractivity contribution in [1.82, 2.24) is 5.32 Å². The van der Waals surface area contributed by atoms with Crippen LogP contribution in [0.2, 0.25) is 0 Å². The molecule has 0 aliphatic carbocycles. The van der Waals surface area contributed by atoms with Crippen LogP contribution in [0.3, 0.4) is 0 Å². The summed E-state index contributed by atoms with van der Waals surface area (Å²) >= 11 is 0. The van der Waals surface area contributed by atoms with Crippen LogP contribution in [0.1, 0.15) is 26.3 Å². The zero-order valence-corrected chi connectivity index (χ0v) is 12.3. The molecule has 0 heterocycles. The molecule has 0 fully saturated rings. The minimum atomic E-state index is -2.92. The predicted octanol–water partition coefficient (Wildman–Crippen LogP) is 2.04. The molecule has 0 saturated heterocycles. The molecule has 3 N–H and O–H groups in total. The third-order valence-electron chi connectivity index (χ3n) is 2.56. The molecule has 5 nitrogen and oxygen atoms in total. The highest BCUT2D eigenvalue weighted by molar-refractivity contribution is 5.84. The lowest BCUT2D eigenvalue weighted by molar-refractivity contribution is -0.125. The number of amides is 1. The molecule has 21 heavy (non-hydrogen) atoms. The Balaban J connectivity index is 2.80. The van der Waals surface area contributed by atoms with E-state index in [0.29, 0.717) is 12.2 Å². The normalized spacial score (nSPS) is 11.4. The number of rotatable bonds is 7.